The third-order valence-electron chi connectivity index (χ3n) is 17.3. The van der Waals surface area contributed by atoms with E-state index in [1.807, 2.05) is 6.26 Å². The first-order valence-electron chi connectivity index (χ1n) is 26.7. The summed E-state index contributed by atoms with van der Waals surface area (Å²) in [5.74, 6) is 0. The minimum Gasteiger partial charge on any atom is -0.493 e. The normalized spacial score (nSPS) is 25.4. The fraction of sp³-hybridized carbons (Fsp3) is 0.958. The molecule has 0 N–H and O–H groups in total. The maximum absolute atomic E-state index is 7.93. The quantitative estimate of drug-likeness (QED) is 0.0585. The Morgan fingerprint density at radius 3 is 1.03 bits per heavy atom. The van der Waals surface area contributed by atoms with Gasteiger partial charge >= 0.3 is 0 Å². The van der Waals surface area contributed by atoms with Gasteiger partial charge in [-0.2, -0.15) is 0 Å². The standard InChI is InChI=1S/C48H104O9Si6/c1-19-58(20-2,21-3)50-39-42-44(41(37-38-49-42)54-60(25-7,26-8)27-9)53-48-47(57-63(34-16,35-17)36-18)46(56-62(31-13,32-14)33-15)45(55-61(28-10,29-11)30-12)43(52-48)40-51-59(22-4,23-5)24-6/h37-38,41-48H,19-36,39-40H2,1-18H3/t41-,42-,43-,44+,45+,46+,47-,48+/m1/s1. The van der Waals surface area contributed by atoms with Crippen LogP contribution in [0.4, 0.5) is 0 Å². The Morgan fingerprint density at radius 2 is 0.667 bits per heavy atom. The van der Waals surface area contributed by atoms with Crippen molar-refractivity contribution in [2.24, 2.45) is 0 Å². The van der Waals surface area contributed by atoms with Crippen LogP contribution in [0.3, 0.4) is 0 Å². The average molecular weight is 994 g/mol. The molecule has 0 aromatic rings. The van der Waals surface area contributed by atoms with Gasteiger partial charge < -0.3 is 40.8 Å². The van der Waals surface area contributed by atoms with Gasteiger partial charge in [0.15, 0.2) is 56.2 Å². The molecule has 374 valence electrons. The zero-order valence-electron chi connectivity index (χ0n) is 44.6. The van der Waals surface area contributed by atoms with Gasteiger partial charge in [0.1, 0.15) is 36.6 Å². The van der Waals surface area contributed by atoms with Crippen molar-refractivity contribution < 1.29 is 40.8 Å². The summed E-state index contributed by atoms with van der Waals surface area (Å²) >= 11 is 0. The second-order valence-corrected chi connectivity index (χ2v) is 47.5. The maximum Gasteiger partial charge on any atom is 0.193 e. The van der Waals surface area contributed by atoms with Crippen LogP contribution in [0, 0.1) is 0 Å². The Bertz CT molecular complexity index is 1210. The molecular weight excluding hydrogens is 889 g/mol. The molecular formula is C48H104O9Si6. The first kappa shape index (κ1) is 59.6. The Balaban J connectivity index is 3.08. The molecule has 2 heterocycles. The molecule has 0 amide bonds. The number of hydrogen-bond donors (Lipinski definition) is 0. The van der Waals surface area contributed by atoms with E-state index in [2.05, 4.69) is 131 Å². The van der Waals surface area contributed by atoms with Crippen molar-refractivity contribution in [3.05, 3.63) is 12.3 Å². The molecule has 1 saturated heterocycles. The molecule has 0 aromatic carbocycles. The summed E-state index contributed by atoms with van der Waals surface area (Å²) in [6.07, 6.45) is 0.451. The molecule has 8 atom stereocenters. The highest BCUT2D eigenvalue weighted by Crippen LogP contribution is 2.42. The van der Waals surface area contributed by atoms with E-state index in [0.29, 0.717) is 13.2 Å². The lowest BCUT2D eigenvalue weighted by Crippen LogP contribution is -2.69. The highest BCUT2D eigenvalue weighted by atomic mass is 28.4. The van der Waals surface area contributed by atoms with Gasteiger partial charge in [-0.25, -0.2) is 0 Å². The van der Waals surface area contributed by atoms with Crippen molar-refractivity contribution in [3.8, 4) is 0 Å². The van der Waals surface area contributed by atoms with Crippen molar-refractivity contribution in [2.45, 2.75) is 282 Å². The van der Waals surface area contributed by atoms with Crippen LogP contribution in [0.1, 0.15) is 125 Å². The van der Waals surface area contributed by atoms with Crippen molar-refractivity contribution in [1.82, 2.24) is 0 Å². The fourth-order valence-corrected chi connectivity index (χ4v) is 27.1. The van der Waals surface area contributed by atoms with Gasteiger partial charge in [0.25, 0.3) is 0 Å². The summed E-state index contributed by atoms with van der Waals surface area (Å²) in [5.41, 5.74) is 0. The molecule has 0 spiro atoms. The second kappa shape index (κ2) is 28.3. The predicted molar refractivity (Wildman–Crippen MR) is 282 cm³/mol. The topological polar surface area (TPSA) is 83.1 Å². The van der Waals surface area contributed by atoms with Crippen molar-refractivity contribution in [3.63, 3.8) is 0 Å². The molecule has 2 rings (SSSR count). The number of rotatable bonds is 34. The molecule has 0 aromatic heterocycles. The van der Waals surface area contributed by atoms with Crippen LogP contribution in [-0.4, -0.2) is 112 Å². The SMILES string of the molecule is CC[Si](CC)(CC)OC[C@H]1O[C@@H](O[C@H]2[C@H](O[Si](CC)(CC)CC)C=CO[C@@H]2CO[Si](CC)(CC)CC)[C@H](O[Si](CC)(CC)CC)[C@@H](O[Si](CC)(CC)CC)[C@H]1O[Si](CC)(CC)CC. The minimum atomic E-state index is -2.29. The van der Waals surface area contributed by atoms with Gasteiger partial charge in [-0.3, -0.25) is 0 Å². The second-order valence-electron chi connectivity index (χ2n) is 19.1. The van der Waals surface area contributed by atoms with Crippen LogP contribution in [0.5, 0.6) is 0 Å². The van der Waals surface area contributed by atoms with E-state index in [1.54, 1.807) is 0 Å². The summed E-state index contributed by atoms with van der Waals surface area (Å²) in [4.78, 5) is 0. The van der Waals surface area contributed by atoms with E-state index in [9.17, 15) is 0 Å². The minimum absolute atomic E-state index is 0.311. The highest BCUT2D eigenvalue weighted by molar-refractivity contribution is 6.75. The van der Waals surface area contributed by atoms with Gasteiger partial charge in [0.05, 0.1) is 25.6 Å². The van der Waals surface area contributed by atoms with E-state index >= 15 is 0 Å². The Morgan fingerprint density at radius 1 is 0.349 bits per heavy atom. The molecule has 0 saturated carbocycles. The lowest BCUT2D eigenvalue weighted by atomic mass is 9.98. The first-order valence-corrected chi connectivity index (χ1v) is 41.9. The smallest absolute Gasteiger partial charge is 0.193 e. The highest BCUT2D eigenvalue weighted by Gasteiger charge is 2.57. The zero-order chi connectivity index (χ0) is 47.5. The van der Waals surface area contributed by atoms with E-state index in [1.165, 1.54) is 0 Å². The van der Waals surface area contributed by atoms with Gasteiger partial charge in [-0.15, -0.1) is 0 Å². The number of ether oxygens (including phenoxy) is 3. The van der Waals surface area contributed by atoms with Gasteiger partial charge in [0, 0.05) is 0 Å². The third-order valence-corrected chi connectivity index (χ3v) is 45.2. The molecule has 2 aliphatic heterocycles. The molecule has 0 unspecified atom stereocenters. The lowest BCUT2D eigenvalue weighted by Gasteiger charge is -2.54. The molecule has 9 nitrogen and oxygen atoms in total. The maximum atomic E-state index is 7.93. The third kappa shape index (κ3) is 14.8. The largest absolute Gasteiger partial charge is 0.493 e. The number of hydrogen-bond acceptors (Lipinski definition) is 9. The van der Waals surface area contributed by atoms with Crippen molar-refractivity contribution in [1.29, 1.82) is 0 Å². The van der Waals surface area contributed by atoms with Crippen molar-refractivity contribution >= 4 is 49.9 Å². The van der Waals surface area contributed by atoms with E-state index in [-0.39, 0.29) is 24.4 Å². The molecule has 0 aliphatic carbocycles. The van der Waals surface area contributed by atoms with E-state index < -0.39 is 74.5 Å². The molecule has 0 bridgehead atoms. The van der Waals surface area contributed by atoms with Gasteiger partial charge in [0.2, 0.25) is 0 Å². The van der Waals surface area contributed by atoms with Crippen LogP contribution in [0.25, 0.3) is 0 Å². The van der Waals surface area contributed by atoms with Crippen LogP contribution in [-0.2, 0) is 40.8 Å². The summed E-state index contributed by atoms with van der Waals surface area (Å²) in [7, 11) is -12.8. The van der Waals surface area contributed by atoms with Gasteiger partial charge in [-0.1, -0.05) is 125 Å². The molecule has 2 aliphatic rings. The van der Waals surface area contributed by atoms with Gasteiger partial charge in [-0.05, 0) is 115 Å². The lowest BCUT2D eigenvalue weighted by molar-refractivity contribution is -0.315. The Hall–Kier alpha value is 0.521. The molecule has 0 radical (unpaired) electrons. The fourth-order valence-electron chi connectivity index (χ4n) is 10.5. The van der Waals surface area contributed by atoms with E-state index in [0.717, 1.165) is 109 Å². The molecule has 15 heteroatoms. The predicted octanol–water partition coefficient (Wildman–Crippen LogP) is 14.6. The summed E-state index contributed by atoms with van der Waals surface area (Å²) in [5, 5.41) is 0. The van der Waals surface area contributed by atoms with Crippen molar-refractivity contribution in [2.75, 3.05) is 13.2 Å². The molecule has 1 fully saturated rings. The zero-order valence-corrected chi connectivity index (χ0v) is 50.6. The first-order chi connectivity index (χ1) is 30.1. The van der Waals surface area contributed by atoms with Crippen LogP contribution in [0.15, 0.2) is 12.3 Å². The van der Waals surface area contributed by atoms with E-state index in [4.69, 9.17) is 40.8 Å². The monoisotopic (exact) mass is 993 g/mol. The van der Waals surface area contributed by atoms with Crippen LogP contribution in [0.2, 0.25) is 109 Å². The Kier molecular flexibility index (Phi) is 26.7. The average Bonchev–Trinajstić information content (AvgIpc) is 3.34. The van der Waals surface area contributed by atoms with Crippen LogP contribution >= 0.6 is 0 Å². The summed E-state index contributed by atoms with van der Waals surface area (Å²) in [6.45, 7) is 42.6. The Labute approximate surface area is 396 Å². The molecule has 63 heavy (non-hydrogen) atoms. The van der Waals surface area contributed by atoms with Crippen LogP contribution < -0.4 is 0 Å². The summed E-state index contributed by atoms with van der Waals surface area (Å²) < 4.78 is 67.3. The summed E-state index contributed by atoms with van der Waals surface area (Å²) in [6, 6.07) is 18.8.